The Hall–Kier alpha value is -5.02. The van der Waals surface area contributed by atoms with Crippen molar-refractivity contribution < 1.29 is 20.1 Å². The van der Waals surface area contributed by atoms with Gasteiger partial charge in [0.25, 0.3) is 0 Å². The van der Waals surface area contributed by atoms with Gasteiger partial charge in [-0.3, -0.25) is 0 Å². The summed E-state index contributed by atoms with van der Waals surface area (Å²) in [6, 6.07) is 49.3. The van der Waals surface area contributed by atoms with E-state index in [1.54, 1.807) is 6.20 Å². The molecule has 0 bridgehead atoms. The Labute approximate surface area is 321 Å². The van der Waals surface area contributed by atoms with E-state index in [-0.39, 0.29) is 25.5 Å². The number of nitrogens with zero attached hydrogens (tertiary/aromatic N) is 3. The number of hydrogen-bond donors (Lipinski definition) is 0. The molecule has 0 spiro atoms. The predicted octanol–water partition coefficient (Wildman–Crippen LogP) is 12.3. The van der Waals surface area contributed by atoms with Crippen LogP contribution in [0.15, 0.2) is 134 Å². The molecule has 0 saturated heterocycles. The van der Waals surface area contributed by atoms with Crippen LogP contribution in [0.5, 0.6) is 0 Å². The van der Waals surface area contributed by atoms with Gasteiger partial charge in [-0.15, -0.1) is 100 Å². The normalized spacial score (nSPS) is 12.2. The summed E-state index contributed by atoms with van der Waals surface area (Å²) >= 11 is 0. The van der Waals surface area contributed by atoms with Crippen molar-refractivity contribution in [1.29, 1.82) is 0 Å². The van der Waals surface area contributed by atoms with Crippen molar-refractivity contribution in [2.45, 2.75) is 58.8 Å². The van der Waals surface area contributed by atoms with E-state index in [2.05, 4.69) is 97.5 Å². The largest absolute Gasteiger partial charge is 0.305 e. The topological polar surface area (TPSA) is 38.7 Å². The van der Waals surface area contributed by atoms with Gasteiger partial charge in [0.05, 0.1) is 0 Å². The molecule has 5 aromatic carbocycles. The molecule has 8 aromatic rings. The van der Waals surface area contributed by atoms with E-state index in [0.717, 1.165) is 28.0 Å². The first-order valence-electron chi connectivity index (χ1n) is 18.0. The summed E-state index contributed by atoms with van der Waals surface area (Å²) in [5.74, 6) is 0. The Morgan fingerprint density at radius 3 is 1.98 bits per heavy atom. The summed E-state index contributed by atoms with van der Waals surface area (Å²) < 4.78 is 0. The number of aryl methyl sites for hydroxylation is 2. The third-order valence-electron chi connectivity index (χ3n) is 9.84. The summed E-state index contributed by atoms with van der Waals surface area (Å²) in [4.78, 5) is 13.3. The number of benzene rings is 5. The molecule has 52 heavy (non-hydrogen) atoms. The number of fused-ring (bicyclic) bond motifs is 3. The molecule has 0 aliphatic heterocycles. The Kier molecular flexibility index (Phi) is 11.7. The minimum atomic E-state index is 0. The van der Waals surface area contributed by atoms with Crippen LogP contribution in [-0.4, -0.2) is 15.0 Å². The fourth-order valence-corrected chi connectivity index (χ4v) is 7.64. The van der Waals surface area contributed by atoms with Crippen molar-refractivity contribution in [3.63, 3.8) is 0 Å². The maximum Gasteiger partial charge on any atom is 0.0190 e. The van der Waals surface area contributed by atoms with E-state index in [0.29, 0.717) is 0 Å². The van der Waals surface area contributed by atoms with E-state index in [1.165, 1.54) is 74.9 Å². The quantitative estimate of drug-likeness (QED) is 0.124. The molecular formula is C48H42IrN3-3. The molecule has 3 aromatic heterocycles. The summed E-state index contributed by atoms with van der Waals surface area (Å²) in [5, 5.41) is 6.65. The predicted molar refractivity (Wildman–Crippen MR) is 213 cm³/mol. The molecule has 0 fully saturated rings. The van der Waals surface area contributed by atoms with Gasteiger partial charge in [-0.25, -0.2) is 0 Å². The van der Waals surface area contributed by atoms with Crippen LogP contribution in [-0.2, 0) is 25.5 Å². The number of aromatic nitrogens is 3. The molecule has 1 aliphatic carbocycles. The number of hydrogen-bond acceptors (Lipinski definition) is 3. The molecule has 261 valence electrons. The summed E-state index contributed by atoms with van der Waals surface area (Å²) in [7, 11) is 0. The van der Waals surface area contributed by atoms with Crippen molar-refractivity contribution in [1.82, 2.24) is 15.0 Å². The molecule has 9 rings (SSSR count). The van der Waals surface area contributed by atoms with Crippen molar-refractivity contribution in [3.05, 3.63) is 174 Å². The standard InChI is InChI=1S/C24H22N.C13H12N.C11H8N.Ir/c1-3-13-24(14-4-2)19-11-5-8-16-17-10-7-15-25-23(17)18-9-6-12-20(24)22(18)21(16)19;1-10-3-6-12(7-4-10)13-8-5-11(2)9-14-13;1-2-6-10(7-3-1)11-8-4-5-9-12-11;/h5-8,10-12,15H,3-4,13-14H2,1-2H3;3-6,8-9H,1-2H3;1-6,8-9H;/q3*-1;. The van der Waals surface area contributed by atoms with Crippen molar-refractivity contribution >= 4 is 32.4 Å². The first-order chi connectivity index (χ1) is 25.0. The second-order valence-electron chi connectivity index (χ2n) is 13.3. The van der Waals surface area contributed by atoms with E-state index < -0.39 is 0 Å². The Morgan fingerprint density at radius 2 is 1.29 bits per heavy atom. The van der Waals surface area contributed by atoms with Gasteiger partial charge in [0.15, 0.2) is 0 Å². The molecule has 0 saturated carbocycles. The van der Waals surface area contributed by atoms with Crippen LogP contribution in [0.25, 0.3) is 55.0 Å². The smallest absolute Gasteiger partial charge is 0.0190 e. The van der Waals surface area contributed by atoms with E-state index >= 15 is 0 Å². The van der Waals surface area contributed by atoms with Crippen LogP contribution >= 0.6 is 0 Å². The maximum atomic E-state index is 4.73. The Morgan fingerprint density at radius 1 is 0.558 bits per heavy atom. The van der Waals surface area contributed by atoms with Gasteiger partial charge < -0.3 is 15.0 Å². The van der Waals surface area contributed by atoms with Crippen molar-refractivity contribution in [2.24, 2.45) is 0 Å². The molecule has 3 heterocycles. The summed E-state index contributed by atoms with van der Waals surface area (Å²) in [6.45, 7) is 8.72. The second-order valence-corrected chi connectivity index (χ2v) is 13.3. The average Bonchev–Trinajstić information content (AvgIpc) is 3.46. The van der Waals surface area contributed by atoms with Crippen LogP contribution in [0.4, 0.5) is 0 Å². The zero-order valence-corrected chi connectivity index (χ0v) is 32.6. The zero-order chi connectivity index (χ0) is 35.2. The first kappa shape index (κ1) is 36.8. The van der Waals surface area contributed by atoms with Gasteiger partial charge in [-0.1, -0.05) is 87.5 Å². The minimum absolute atomic E-state index is 0. The molecule has 0 unspecified atom stereocenters. The first-order valence-corrected chi connectivity index (χ1v) is 18.0. The average molecular weight is 853 g/mol. The fraction of sp³-hybridized carbons (Fsp3) is 0.188. The third kappa shape index (κ3) is 7.19. The van der Waals surface area contributed by atoms with Gasteiger partial charge in [0, 0.05) is 44.1 Å². The molecule has 4 heteroatoms. The van der Waals surface area contributed by atoms with Crippen LogP contribution < -0.4 is 0 Å². The molecule has 1 aliphatic rings. The molecular weight excluding hydrogens is 811 g/mol. The van der Waals surface area contributed by atoms with Crippen molar-refractivity contribution in [2.75, 3.05) is 0 Å². The van der Waals surface area contributed by atoms with Gasteiger partial charge in [0.1, 0.15) is 0 Å². The number of rotatable bonds is 6. The van der Waals surface area contributed by atoms with Gasteiger partial charge in [-0.05, 0) is 76.1 Å². The molecule has 0 N–H and O–H groups in total. The second kappa shape index (κ2) is 16.5. The maximum absolute atomic E-state index is 4.73. The molecule has 3 nitrogen and oxygen atoms in total. The summed E-state index contributed by atoms with van der Waals surface area (Å²) in [5.41, 5.74) is 10.7. The summed E-state index contributed by atoms with van der Waals surface area (Å²) in [6.07, 6.45) is 10.4. The molecule has 1 radical (unpaired) electrons. The van der Waals surface area contributed by atoms with Gasteiger partial charge >= 0.3 is 0 Å². The van der Waals surface area contributed by atoms with E-state index in [4.69, 9.17) is 4.98 Å². The SMILES string of the molecule is CCCC1(CCC)c2cc[c-]c3c4ncccc4c4cccc1c4c23.Cc1c[c-]c(-c2ccc(C)cn2)cc1.[Ir].[c-]1ccccc1-c1ccccn1. The monoisotopic (exact) mass is 853 g/mol. The Bertz CT molecular complexity index is 2220. The molecule has 0 amide bonds. The van der Waals surface area contributed by atoms with Crippen LogP contribution in [0.3, 0.4) is 0 Å². The van der Waals surface area contributed by atoms with Crippen molar-refractivity contribution in [3.8, 4) is 22.5 Å². The van der Waals surface area contributed by atoms with E-state index in [9.17, 15) is 0 Å². The minimum Gasteiger partial charge on any atom is -0.305 e. The molecule has 0 atom stereocenters. The zero-order valence-electron chi connectivity index (χ0n) is 30.2. The number of pyridine rings is 3. The van der Waals surface area contributed by atoms with Crippen LogP contribution in [0.1, 0.15) is 61.8 Å². The fourth-order valence-electron chi connectivity index (χ4n) is 7.64. The van der Waals surface area contributed by atoms with E-state index in [1.807, 2.05) is 86.0 Å². The Balaban J connectivity index is 0.000000146. The third-order valence-corrected chi connectivity index (χ3v) is 9.84. The van der Waals surface area contributed by atoms with Crippen LogP contribution in [0.2, 0.25) is 0 Å². The van der Waals surface area contributed by atoms with Crippen LogP contribution in [0, 0.1) is 32.0 Å². The van der Waals surface area contributed by atoms with Gasteiger partial charge in [-0.2, -0.15) is 0 Å². The van der Waals surface area contributed by atoms with Gasteiger partial charge in [0.2, 0.25) is 0 Å².